The third kappa shape index (κ3) is 2.31. The Morgan fingerprint density at radius 1 is 1.41 bits per heavy atom. The van der Waals surface area contributed by atoms with Crippen LogP contribution in [0.15, 0.2) is 28.9 Å². The second kappa shape index (κ2) is 5.43. The minimum atomic E-state index is -3.57. The third-order valence-electron chi connectivity index (χ3n) is 4.29. The summed E-state index contributed by atoms with van der Waals surface area (Å²) in [5.41, 5.74) is 2.00. The van der Waals surface area contributed by atoms with Gasteiger partial charge in [-0.2, -0.15) is 0 Å². The lowest BCUT2D eigenvalue weighted by Crippen LogP contribution is -2.45. The standard InChI is InChI=1S/C16H19NO4S/c1-3-12-6-7-15-13(9-12)14(10-21-15)16(18)17-8-4-5-11(2)22(17,19)20/h6-7,9-11H,3-5,8H2,1-2H3. The maximum absolute atomic E-state index is 12.7. The molecule has 0 aliphatic carbocycles. The summed E-state index contributed by atoms with van der Waals surface area (Å²) in [7, 11) is -3.57. The second-order valence-corrected chi connectivity index (χ2v) is 7.98. The number of rotatable bonds is 2. The zero-order valence-electron chi connectivity index (χ0n) is 12.7. The van der Waals surface area contributed by atoms with Gasteiger partial charge < -0.3 is 4.42 Å². The highest BCUT2D eigenvalue weighted by atomic mass is 32.2. The molecule has 0 radical (unpaired) electrons. The summed E-state index contributed by atoms with van der Waals surface area (Å²) in [6, 6.07) is 5.66. The number of fused-ring (bicyclic) bond motifs is 1. The van der Waals surface area contributed by atoms with Gasteiger partial charge in [-0.25, -0.2) is 12.7 Å². The van der Waals surface area contributed by atoms with Gasteiger partial charge in [-0.15, -0.1) is 0 Å². The molecule has 1 saturated heterocycles. The molecule has 1 aliphatic heterocycles. The molecule has 1 aliphatic rings. The average molecular weight is 321 g/mol. The average Bonchev–Trinajstić information content (AvgIpc) is 2.92. The Morgan fingerprint density at radius 2 is 2.18 bits per heavy atom. The molecular formula is C16H19NO4S. The number of furan rings is 1. The maximum atomic E-state index is 12.7. The van der Waals surface area contributed by atoms with Gasteiger partial charge in [-0.05, 0) is 43.9 Å². The third-order valence-corrected chi connectivity index (χ3v) is 6.51. The fourth-order valence-corrected chi connectivity index (χ4v) is 4.44. The molecule has 2 heterocycles. The summed E-state index contributed by atoms with van der Waals surface area (Å²) in [6.45, 7) is 3.92. The molecule has 1 aromatic heterocycles. The minimum absolute atomic E-state index is 0.242. The van der Waals surface area contributed by atoms with Gasteiger partial charge in [0.05, 0.1) is 10.8 Å². The molecular weight excluding hydrogens is 302 g/mol. The SMILES string of the molecule is CCc1ccc2occ(C(=O)N3CCCC(C)S3(=O)=O)c2c1. The van der Waals surface area contributed by atoms with Crippen LogP contribution < -0.4 is 0 Å². The molecule has 0 spiro atoms. The Balaban J connectivity index is 2.05. The molecule has 5 nitrogen and oxygen atoms in total. The smallest absolute Gasteiger partial charge is 0.271 e. The highest BCUT2D eigenvalue weighted by Gasteiger charge is 2.37. The predicted molar refractivity (Wildman–Crippen MR) is 84.2 cm³/mol. The zero-order chi connectivity index (χ0) is 15.9. The van der Waals surface area contributed by atoms with Crippen molar-refractivity contribution in [3.8, 4) is 0 Å². The minimum Gasteiger partial charge on any atom is -0.463 e. The van der Waals surface area contributed by atoms with E-state index < -0.39 is 21.2 Å². The zero-order valence-corrected chi connectivity index (χ0v) is 13.5. The van der Waals surface area contributed by atoms with Crippen LogP contribution >= 0.6 is 0 Å². The Morgan fingerprint density at radius 3 is 2.91 bits per heavy atom. The van der Waals surface area contributed by atoms with Crippen molar-refractivity contribution in [3.05, 3.63) is 35.6 Å². The first-order chi connectivity index (χ1) is 10.4. The van der Waals surface area contributed by atoms with Crippen LogP contribution in [0.4, 0.5) is 0 Å². The highest BCUT2D eigenvalue weighted by Crippen LogP contribution is 2.28. The number of hydrogen-bond donors (Lipinski definition) is 0. The van der Waals surface area contributed by atoms with E-state index in [0.29, 0.717) is 29.4 Å². The lowest BCUT2D eigenvalue weighted by atomic mass is 10.1. The molecule has 3 rings (SSSR count). The van der Waals surface area contributed by atoms with Crippen molar-refractivity contribution >= 4 is 26.9 Å². The van der Waals surface area contributed by atoms with E-state index in [-0.39, 0.29) is 6.54 Å². The first-order valence-corrected chi connectivity index (χ1v) is 9.01. The van der Waals surface area contributed by atoms with Crippen LogP contribution in [0.1, 0.15) is 42.6 Å². The fraction of sp³-hybridized carbons (Fsp3) is 0.438. The van der Waals surface area contributed by atoms with E-state index in [1.165, 1.54) is 6.26 Å². The number of hydrogen-bond acceptors (Lipinski definition) is 4. The van der Waals surface area contributed by atoms with Crippen LogP contribution in [0.2, 0.25) is 0 Å². The molecule has 1 aromatic carbocycles. The highest BCUT2D eigenvalue weighted by molar-refractivity contribution is 7.90. The summed E-state index contributed by atoms with van der Waals surface area (Å²) < 4.78 is 31.2. The van der Waals surface area contributed by atoms with Crippen molar-refractivity contribution < 1.29 is 17.6 Å². The lowest BCUT2D eigenvalue weighted by molar-refractivity contribution is 0.0853. The van der Waals surface area contributed by atoms with E-state index >= 15 is 0 Å². The van der Waals surface area contributed by atoms with Gasteiger partial charge in [0.15, 0.2) is 0 Å². The maximum Gasteiger partial charge on any atom is 0.271 e. The Hall–Kier alpha value is -1.82. The van der Waals surface area contributed by atoms with Crippen molar-refractivity contribution in [2.75, 3.05) is 6.54 Å². The number of carbonyl (C=O) groups is 1. The molecule has 118 valence electrons. The van der Waals surface area contributed by atoms with Crippen molar-refractivity contribution in [2.45, 2.75) is 38.4 Å². The summed E-state index contributed by atoms with van der Waals surface area (Å²) in [5, 5.41) is 0.160. The van der Waals surface area contributed by atoms with Gasteiger partial charge in [-0.1, -0.05) is 13.0 Å². The topological polar surface area (TPSA) is 67.6 Å². The van der Waals surface area contributed by atoms with Crippen LogP contribution in [0.3, 0.4) is 0 Å². The van der Waals surface area contributed by atoms with Crippen LogP contribution in [0, 0.1) is 0 Å². The molecule has 0 N–H and O–H groups in total. The van der Waals surface area contributed by atoms with Crippen molar-refractivity contribution in [1.82, 2.24) is 4.31 Å². The fourth-order valence-electron chi connectivity index (χ4n) is 2.83. The van der Waals surface area contributed by atoms with Crippen LogP contribution in [0.25, 0.3) is 11.0 Å². The quantitative estimate of drug-likeness (QED) is 0.853. The molecule has 0 saturated carbocycles. The molecule has 0 bridgehead atoms. The van der Waals surface area contributed by atoms with E-state index in [9.17, 15) is 13.2 Å². The Kier molecular flexibility index (Phi) is 3.72. The van der Waals surface area contributed by atoms with E-state index in [0.717, 1.165) is 16.3 Å². The molecule has 1 unspecified atom stereocenters. The number of benzene rings is 1. The lowest BCUT2D eigenvalue weighted by Gasteiger charge is -2.30. The number of nitrogens with zero attached hydrogens (tertiary/aromatic N) is 1. The second-order valence-electron chi connectivity index (χ2n) is 5.71. The number of amides is 1. The number of sulfonamides is 1. The van der Waals surface area contributed by atoms with Crippen molar-refractivity contribution in [3.63, 3.8) is 0 Å². The van der Waals surface area contributed by atoms with Gasteiger partial charge in [0.25, 0.3) is 5.91 Å². The van der Waals surface area contributed by atoms with Crippen LogP contribution in [-0.4, -0.2) is 30.4 Å². The first-order valence-electron chi connectivity index (χ1n) is 7.51. The predicted octanol–water partition coefficient (Wildman–Crippen LogP) is 2.95. The number of carbonyl (C=O) groups excluding carboxylic acids is 1. The summed E-state index contributed by atoms with van der Waals surface area (Å²) in [4.78, 5) is 12.7. The largest absolute Gasteiger partial charge is 0.463 e. The first kappa shape index (κ1) is 15.1. The number of aryl methyl sites for hydroxylation is 1. The van der Waals surface area contributed by atoms with E-state index in [1.54, 1.807) is 6.92 Å². The van der Waals surface area contributed by atoms with Gasteiger partial charge in [0.2, 0.25) is 10.0 Å². The van der Waals surface area contributed by atoms with Gasteiger partial charge in [-0.3, -0.25) is 4.79 Å². The van der Waals surface area contributed by atoms with Crippen molar-refractivity contribution in [2.24, 2.45) is 0 Å². The van der Waals surface area contributed by atoms with Crippen molar-refractivity contribution in [1.29, 1.82) is 0 Å². The van der Waals surface area contributed by atoms with E-state index in [2.05, 4.69) is 0 Å². The Bertz CT molecular complexity index is 822. The molecule has 1 amide bonds. The van der Waals surface area contributed by atoms with E-state index in [1.807, 2.05) is 25.1 Å². The monoisotopic (exact) mass is 321 g/mol. The molecule has 22 heavy (non-hydrogen) atoms. The summed E-state index contributed by atoms with van der Waals surface area (Å²) in [6.07, 6.45) is 3.50. The summed E-state index contributed by atoms with van der Waals surface area (Å²) >= 11 is 0. The summed E-state index contributed by atoms with van der Waals surface area (Å²) in [5.74, 6) is -0.487. The van der Waals surface area contributed by atoms with Crippen LogP contribution in [-0.2, 0) is 16.4 Å². The van der Waals surface area contributed by atoms with Gasteiger partial charge >= 0.3 is 0 Å². The molecule has 2 aromatic rings. The van der Waals surface area contributed by atoms with Gasteiger partial charge in [0.1, 0.15) is 11.8 Å². The van der Waals surface area contributed by atoms with Crippen LogP contribution in [0.5, 0.6) is 0 Å². The normalized spacial score (nSPS) is 21.2. The Labute approximate surface area is 130 Å². The van der Waals surface area contributed by atoms with Gasteiger partial charge in [0, 0.05) is 11.9 Å². The van der Waals surface area contributed by atoms with E-state index in [4.69, 9.17) is 4.42 Å². The molecule has 6 heteroatoms. The molecule has 1 atom stereocenters. The molecule has 1 fully saturated rings.